The number of hydrogen-bond acceptors (Lipinski definition) is 6. The molecule has 9 nitrogen and oxygen atoms in total. The van der Waals surface area contributed by atoms with Gasteiger partial charge in [0.05, 0.1) is 18.5 Å². The molecule has 0 aliphatic rings. The van der Waals surface area contributed by atoms with E-state index in [1.807, 2.05) is 18.2 Å². The van der Waals surface area contributed by atoms with Gasteiger partial charge in [0.25, 0.3) is 5.56 Å². The second-order valence-corrected chi connectivity index (χ2v) is 6.02. The van der Waals surface area contributed by atoms with Crippen LogP contribution in [-0.2, 0) is 11.3 Å². The summed E-state index contributed by atoms with van der Waals surface area (Å²) in [5.41, 5.74) is 6.37. The minimum atomic E-state index is -0.797. The summed E-state index contributed by atoms with van der Waals surface area (Å²) in [5, 5.41) is 13.1. The summed E-state index contributed by atoms with van der Waals surface area (Å²) < 4.78 is 1.60. The quantitative estimate of drug-likeness (QED) is 0.502. The number of aryl methyl sites for hydroxylation is 1. The minimum Gasteiger partial charge on any atom is -0.386 e. The number of amides is 1. The van der Waals surface area contributed by atoms with E-state index >= 15 is 0 Å². The minimum absolute atomic E-state index is 0.00620. The van der Waals surface area contributed by atoms with Crippen molar-refractivity contribution in [2.75, 3.05) is 5.73 Å². The van der Waals surface area contributed by atoms with Crippen molar-refractivity contribution in [3.8, 4) is 0 Å². The van der Waals surface area contributed by atoms with Gasteiger partial charge in [0, 0.05) is 13.0 Å². The van der Waals surface area contributed by atoms with E-state index in [1.54, 1.807) is 23.6 Å². The number of imidazole rings is 1. The third-order valence-electron chi connectivity index (χ3n) is 4.08. The number of aliphatic hydroxyl groups is 1. The summed E-state index contributed by atoms with van der Waals surface area (Å²) in [6, 6.07) is 8.69. The van der Waals surface area contributed by atoms with Gasteiger partial charge >= 0.3 is 0 Å². The van der Waals surface area contributed by atoms with Crippen LogP contribution in [-0.4, -0.2) is 36.6 Å². The van der Waals surface area contributed by atoms with Gasteiger partial charge in [-0.3, -0.25) is 14.6 Å². The van der Waals surface area contributed by atoms with E-state index in [0.29, 0.717) is 5.65 Å². The number of benzene rings is 1. The lowest BCUT2D eigenvalue weighted by atomic mass is 10.0. The van der Waals surface area contributed by atoms with Crippen LogP contribution in [0.4, 0.5) is 5.95 Å². The Labute approximate surface area is 148 Å². The lowest BCUT2D eigenvalue weighted by molar-refractivity contribution is -0.122. The smallest absolute Gasteiger partial charge is 0.280 e. The molecule has 2 aromatic heterocycles. The first-order chi connectivity index (χ1) is 12.5. The fraction of sp³-hybridized carbons (Fsp3) is 0.294. The standard InChI is InChI=1S/C17H20N6O3/c1-10(14(25)11-5-3-2-4-6-11)20-12(24)7-8-23-9-19-13-15(23)21-17(18)22-16(13)26/h2-6,9-10,14,25H,7-8H2,1H3,(H,20,24)(H3,18,21,22,26). The maximum atomic E-state index is 12.2. The number of anilines is 1. The molecule has 0 radical (unpaired) electrons. The Bertz CT molecular complexity index is 966. The topological polar surface area (TPSA) is 139 Å². The molecule has 0 aliphatic heterocycles. The molecule has 136 valence electrons. The number of nitrogens with one attached hydrogen (secondary N) is 2. The van der Waals surface area contributed by atoms with Crippen molar-refractivity contribution in [1.82, 2.24) is 24.8 Å². The molecule has 9 heteroatoms. The Hall–Kier alpha value is -3.20. The van der Waals surface area contributed by atoms with Gasteiger partial charge in [0.2, 0.25) is 11.9 Å². The number of fused-ring (bicyclic) bond motifs is 1. The van der Waals surface area contributed by atoms with Crippen LogP contribution in [0, 0.1) is 0 Å². The summed E-state index contributed by atoms with van der Waals surface area (Å²) in [7, 11) is 0. The number of carbonyl (C=O) groups is 1. The summed E-state index contributed by atoms with van der Waals surface area (Å²) >= 11 is 0. The van der Waals surface area contributed by atoms with E-state index in [-0.39, 0.29) is 30.3 Å². The van der Waals surface area contributed by atoms with Crippen molar-refractivity contribution in [3.05, 3.63) is 52.6 Å². The maximum absolute atomic E-state index is 12.2. The summed E-state index contributed by atoms with van der Waals surface area (Å²) in [6.45, 7) is 2.02. The van der Waals surface area contributed by atoms with E-state index in [1.165, 1.54) is 6.33 Å². The SMILES string of the molecule is CC(NC(=O)CCn1cnc2c(=O)[nH]c(N)nc21)C(O)c1ccccc1. The Morgan fingerprint density at radius 2 is 2.12 bits per heavy atom. The van der Waals surface area contributed by atoms with Crippen molar-refractivity contribution in [1.29, 1.82) is 0 Å². The molecule has 2 heterocycles. The Balaban J connectivity index is 1.62. The van der Waals surface area contributed by atoms with Crippen molar-refractivity contribution in [2.45, 2.75) is 32.0 Å². The van der Waals surface area contributed by atoms with Gasteiger partial charge in [-0.2, -0.15) is 4.98 Å². The van der Waals surface area contributed by atoms with E-state index in [0.717, 1.165) is 5.56 Å². The number of hydrogen-bond donors (Lipinski definition) is 4. The number of aliphatic hydroxyl groups excluding tert-OH is 1. The summed E-state index contributed by atoms with van der Waals surface area (Å²) in [4.78, 5) is 34.4. The first kappa shape index (κ1) is 17.6. The number of aromatic amines is 1. The van der Waals surface area contributed by atoms with Crippen LogP contribution in [0.1, 0.15) is 25.0 Å². The van der Waals surface area contributed by atoms with Crippen molar-refractivity contribution in [2.24, 2.45) is 0 Å². The normalized spacial score (nSPS) is 13.5. The highest BCUT2D eigenvalue weighted by atomic mass is 16.3. The van der Waals surface area contributed by atoms with Gasteiger partial charge in [-0.25, -0.2) is 4.98 Å². The number of rotatable bonds is 6. The molecule has 1 aromatic carbocycles. The molecule has 0 aliphatic carbocycles. The second kappa shape index (κ2) is 7.36. The van der Waals surface area contributed by atoms with Crippen LogP contribution in [0.2, 0.25) is 0 Å². The molecule has 0 spiro atoms. The van der Waals surface area contributed by atoms with E-state index in [4.69, 9.17) is 5.73 Å². The fourth-order valence-electron chi connectivity index (χ4n) is 2.70. The van der Waals surface area contributed by atoms with Crippen molar-refractivity contribution in [3.63, 3.8) is 0 Å². The Morgan fingerprint density at radius 3 is 2.85 bits per heavy atom. The van der Waals surface area contributed by atoms with Gasteiger partial charge < -0.3 is 20.7 Å². The van der Waals surface area contributed by atoms with Gasteiger partial charge in [-0.1, -0.05) is 30.3 Å². The summed E-state index contributed by atoms with van der Waals surface area (Å²) in [6.07, 6.45) is 0.794. The molecule has 3 aromatic rings. The van der Waals surface area contributed by atoms with E-state index in [9.17, 15) is 14.7 Å². The van der Waals surface area contributed by atoms with Crippen molar-refractivity contribution >= 4 is 23.0 Å². The molecular formula is C17H20N6O3. The number of carbonyl (C=O) groups excluding carboxylic acids is 1. The zero-order valence-corrected chi connectivity index (χ0v) is 14.2. The molecule has 5 N–H and O–H groups in total. The lowest BCUT2D eigenvalue weighted by Crippen LogP contribution is -2.37. The number of nitrogen functional groups attached to an aromatic ring is 1. The number of nitrogens with two attached hydrogens (primary N) is 1. The maximum Gasteiger partial charge on any atom is 0.280 e. The average molecular weight is 356 g/mol. The zero-order valence-electron chi connectivity index (χ0n) is 14.2. The van der Waals surface area contributed by atoms with Crippen LogP contribution in [0.15, 0.2) is 41.5 Å². The predicted octanol–water partition coefficient (Wildman–Crippen LogP) is 0.330. The molecule has 26 heavy (non-hydrogen) atoms. The average Bonchev–Trinajstić information content (AvgIpc) is 3.03. The monoisotopic (exact) mass is 356 g/mol. The van der Waals surface area contributed by atoms with E-state index in [2.05, 4.69) is 20.3 Å². The molecule has 3 rings (SSSR count). The molecule has 0 fully saturated rings. The fourth-order valence-corrected chi connectivity index (χ4v) is 2.70. The highest BCUT2D eigenvalue weighted by Crippen LogP contribution is 2.16. The predicted molar refractivity (Wildman–Crippen MR) is 96.2 cm³/mol. The van der Waals surface area contributed by atoms with Crippen LogP contribution in [0.25, 0.3) is 11.2 Å². The summed E-state index contributed by atoms with van der Waals surface area (Å²) in [5.74, 6) is -0.236. The van der Waals surface area contributed by atoms with Gasteiger partial charge in [0.15, 0.2) is 11.2 Å². The third kappa shape index (κ3) is 3.72. The largest absolute Gasteiger partial charge is 0.386 e. The molecule has 0 saturated heterocycles. The van der Waals surface area contributed by atoms with Crippen LogP contribution in [0.5, 0.6) is 0 Å². The van der Waals surface area contributed by atoms with Crippen LogP contribution in [0.3, 0.4) is 0 Å². The third-order valence-corrected chi connectivity index (χ3v) is 4.08. The van der Waals surface area contributed by atoms with Gasteiger partial charge in [0.1, 0.15) is 0 Å². The lowest BCUT2D eigenvalue weighted by Gasteiger charge is -2.20. The second-order valence-electron chi connectivity index (χ2n) is 6.02. The molecule has 2 unspecified atom stereocenters. The highest BCUT2D eigenvalue weighted by molar-refractivity contribution is 5.76. The molecule has 0 saturated carbocycles. The van der Waals surface area contributed by atoms with Crippen LogP contribution >= 0.6 is 0 Å². The Kier molecular flexibility index (Phi) is 4.99. The molecule has 0 bridgehead atoms. The highest BCUT2D eigenvalue weighted by Gasteiger charge is 2.18. The first-order valence-electron chi connectivity index (χ1n) is 8.18. The Morgan fingerprint density at radius 1 is 1.38 bits per heavy atom. The van der Waals surface area contributed by atoms with Crippen LogP contribution < -0.4 is 16.6 Å². The zero-order chi connectivity index (χ0) is 18.7. The number of H-pyrrole nitrogens is 1. The van der Waals surface area contributed by atoms with E-state index < -0.39 is 17.7 Å². The van der Waals surface area contributed by atoms with Crippen molar-refractivity contribution < 1.29 is 9.90 Å². The first-order valence-corrected chi connectivity index (χ1v) is 8.18. The molecule has 1 amide bonds. The van der Waals surface area contributed by atoms with Gasteiger partial charge in [-0.15, -0.1) is 0 Å². The number of aromatic nitrogens is 4. The van der Waals surface area contributed by atoms with Gasteiger partial charge in [-0.05, 0) is 12.5 Å². The molecule has 2 atom stereocenters. The molecular weight excluding hydrogens is 336 g/mol. The number of nitrogens with zero attached hydrogens (tertiary/aromatic N) is 3.